The summed E-state index contributed by atoms with van der Waals surface area (Å²) in [6, 6.07) is 5.63. The maximum atomic E-state index is 12.2. The zero-order valence-electron chi connectivity index (χ0n) is 11.6. The van der Waals surface area contributed by atoms with Crippen molar-refractivity contribution in [3.8, 4) is 0 Å². The molecule has 4 atom stereocenters. The zero-order chi connectivity index (χ0) is 15.9. The smallest absolute Gasteiger partial charge is 0.345 e. The van der Waals surface area contributed by atoms with Crippen LogP contribution >= 0.6 is 0 Å². The first-order chi connectivity index (χ1) is 10.5. The number of carbonyl (C=O) groups excluding carboxylic acids is 2. The van der Waals surface area contributed by atoms with Gasteiger partial charge in [-0.1, -0.05) is 12.1 Å². The van der Waals surface area contributed by atoms with E-state index in [1.54, 1.807) is 0 Å². The van der Waals surface area contributed by atoms with Crippen molar-refractivity contribution in [1.29, 1.82) is 0 Å². The van der Waals surface area contributed by atoms with Gasteiger partial charge in [0.1, 0.15) is 11.7 Å². The minimum absolute atomic E-state index is 0.000353. The third-order valence-corrected chi connectivity index (χ3v) is 4.67. The SMILES string of the molecule is O=C(OC1CC2CC1CC2C(=O)[O-])c1ccccc1[N+](=O)[O-]. The first-order valence-corrected chi connectivity index (χ1v) is 7.12. The number of nitrogens with zero attached hydrogens (tertiary/aromatic N) is 1. The van der Waals surface area contributed by atoms with E-state index in [9.17, 15) is 24.8 Å². The normalized spacial score (nSPS) is 29.3. The van der Waals surface area contributed by atoms with E-state index in [-0.39, 0.29) is 29.2 Å². The van der Waals surface area contributed by atoms with Gasteiger partial charge in [-0.15, -0.1) is 0 Å². The fourth-order valence-corrected chi connectivity index (χ4v) is 3.66. The zero-order valence-corrected chi connectivity index (χ0v) is 11.6. The van der Waals surface area contributed by atoms with E-state index in [1.165, 1.54) is 24.3 Å². The number of hydrogen-bond donors (Lipinski definition) is 0. The molecule has 1 aromatic carbocycles. The van der Waals surface area contributed by atoms with Crippen LogP contribution in [0.2, 0.25) is 0 Å². The highest BCUT2D eigenvalue weighted by Crippen LogP contribution is 2.49. The van der Waals surface area contributed by atoms with E-state index in [2.05, 4.69) is 0 Å². The van der Waals surface area contributed by atoms with E-state index < -0.39 is 22.8 Å². The molecule has 0 N–H and O–H groups in total. The molecule has 0 radical (unpaired) electrons. The first-order valence-electron chi connectivity index (χ1n) is 7.12. The Kier molecular flexibility index (Phi) is 3.56. The number of aliphatic carboxylic acids is 1. The molecule has 0 aromatic heterocycles. The molecule has 7 heteroatoms. The summed E-state index contributed by atoms with van der Waals surface area (Å²) in [6.07, 6.45) is 1.26. The number of nitro groups is 1. The largest absolute Gasteiger partial charge is 0.550 e. The quantitative estimate of drug-likeness (QED) is 0.464. The number of carboxylic acids is 1. The molecule has 0 spiro atoms. The number of ether oxygens (including phenoxy) is 1. The Morgan fingerprint density at radius 3 is 2.45 bits per heavy atom. The molecule has 2 fully saturated rings. The van der Waals surface area contributed by atoms with Gasteiger partial charge in [-0.2, -0.15) is 0 Å². The minimum Gasteiger partial charge on any atom is -0.550 e. The number of nitro benzene ring substituents is 1. The summed E-state index contributed by atoms with van der Waals surface area (Å²) in [5.41, 5.74) is -0.366. The lowest BCUT2D eigenvalue weighted by Crippen LogP contribution is -2.37. The Bertz CT molecular complexity index is 643. The number of para-hydroxylation sites is 1. The molecular weight excluding hydrogens is 290 g/mol. The number of fused-ring (bicyclic) bond motifs is 2. The van der Waals surface area contributed by atoms with Gasteiger partial charge in [0.05, 0.1) is 4.92 Å². The highest BCUT2D eigenvalue weighted by atomic mass is 16.6. The summed E-state index contributed by atoms with van der Waals surface area (Å²) >= 11 is 0. The lowest BCUT2D eigenvalue weighted by Gasteiger charge is -2.28. The standard InChI is InChI=1S/C15H15NO6/c17-14(18)11-6-9-5-8(11)7-13(9)22-15(19)10-3-1-2-4-12(10)16(20)21/h1-4,8-9,11,13H,5-7H2,(H,17,18)/p-1. The van der Waals surface area contributed by atoms with Gasteiger partial charge >= 0.3 is 5.97 Å². The molecule has 2 saturated carbocycles. The fraction of sp³-hybridized carbons (Fsp3) is 0.467. The molecule has 2 bridgehead atoms. The number of carbonyl (C=O) groups is 2. The van der Waals surface area contributed by atoms with Gasteiger partial charge in [0.25, 0.3) is 5.69 Å². The minimum atomic E-state index is -1.05. The van der Waals surface area contributed by atoms with Crippen LogP contribution in [-0.4, -0.2) is 23.0 Å². The summed E-state index contributed by atoms with van der Waals surface area (Å²) in [6.45, 7) is 0. The third kappa shape index (κ3) is 2.43. The van der Waals surface area contributed by atoms with E-state index in [4.69, 9.17) is 4.74 Å². The van der Waals surface area contributed by atoms with Crippen molar-refractivity contribution in [3.63, 3.8) is 0 Å². The van der Waals surface area contributed by atoms with Crippen LogP contribution in [0.15, 0.2) is 24.3 Å². The van der Waals surface area contributed by atoms with E-state index in [0.29, 0.717) is 19.3 Å². The molecule has 0 heterocycles. The van der Waals surface area contributed by atoms with Gasteiger partial charge in [0.15, 0.2) is 0 Å². The number of carboxylic acid groups (broad SMARTS) is 1. The third-order valence-electron chi connectivity index (χ3n) is 4.67. The van der Waals surface area contributed by atoms with Crippen molar-refractivity contribution in [3.05, 3.63) is 39.9 Å². The summed E-state index contributed by atoms with van der Waals surface area (Å²) in [5.74, 6) is -2.27. The first kappa shape index (κ1) is 14.5. The van der Waals surface area contributed by atoms with Crippen LogP contribution in [0.5, 0.6) is 0 Å². The van der Waals surface area contributed by atoms with Gasteiger partial charge in [0.2, 0.25) is 0 Å². The number of benzene rings is 1. The van der Waals surface area contributed by atoms with Crippen molar-refractivity contribution in [1.82, 2.24) is 0 Å². The molecule has 4 unspecified atom stereocenters. The summed E-state index contributed by atoms with van der Waals surface area (Å²) in [4.78, 5) is 33.4. The monoisotopic (exact) mass is 304 g/mol. The van der Waals surface area contributed by atoms with E-state index in [1.807, 2.05) is 0 Å². The van der Waals surface area contributed by atoms with Crippen molar-refractivity contribution in [2.75, 3.05) is 0 Å². The number of esters is 1. The van der Waals surface area contributed by atoms with Crippen LogP contribution < -0.4 is 5.11 Å². The highest BCUT2D eigenvalue weighted by molar-refractivity contribution is 5.94. The predicted octanol–water partition coefficient (Wildman–Crippen LogP) is 0.916. The lowest BCUT2D eigenvalue weighted by atomic mass is 9.87. The van der Waals surface area contributed by atoms with Crippen molar-refractivity contribution < 1.29 is 24.4 Å². The molecule has 116 valence electrons. The molecule has 0 aliphatic heterocycles. The molecule has 7 nitrogen and oxygen atoms in total. The Morgan fingerprint density at radius 2 is 1.86 bits per heavy atom. The van der Waals surface area contributed by atoms with Crippen molar-refractivity contribution >= 4 is 17.6 Å². The molecule has 0 amide bonds. The maximum absolute atomic E-state index is 12.2. The van der Waals surface area contributed by atoms with Crippen molar-refractivity contribution in [2.24, 2.45) is 17.8 Å². The number of hydrogen-bond acceptors (Lipinski definition) is 6. The molecule has 22 heavy (non-hydrogen) atoms. The maximum Gasteiger partial charge on any atom is 0.345 e. The highest BCUT2D eigenvalue weighted by Gasteiger charge is 2.48. The molecule has 1 aromatic rings. The fourth-order valence-electron chi connectivity index (χ4n) is 3.66. The van der Waals surface area contributed by atoms with E-state index in [0.717, 1.165) is 0 Å². The molecule has 0 saturated heterocycles. The molecular formula is C15H14NO6-. The van der Waals surface area contributed by atoms with Gasteiger partial charge in [-0.3, -0.25) is 10.1 Å². The number of rotatable bonds is 4. The molecule has 2 aliphatic carbocycles. The van der Waals surface area contributed by atoms with Gasteiger partial charge in [-0.05, 0) is 37.2 Å². The Hall–Kier alpha value is -2.44. The van der Waals surface area contributed by atoms with Crippen LogP contribution in [0.25, 0.3) is 0 Å². The van der Waals surface area contributed by atoms with Gasteiger partial charge in [-0.25, -0.2) is 4.79 Å². The Balaban J connectivity index is 1.70. The summed E-state index contributed by atoms with van der Waals surface area (Å²) < 4.78 is 5.39. The second-order valence-corrected chi connectivity index (χ2v) is 5.87. The second kappa shape index (κ2) is 5.40. The van der Waals surface area contributed by atoms with Gasteiger partial charge < -0.3 is 14.6 Å². The van der Waals surface area contributed by atoms with Crippen LogP contribution in [0.1, 0.15) is 29.6 Å². The lowest BCUT2D eigenvalue weighted by molar-refractivity contribution is -0.385. The topological polar surface area (TPSA) is 110 Å². The van der Waals surface area contributed by atoms with Gasteiger partial charge in [0, 0.05) is 18.0 Å². The van der Waals surface area contributed by atoms with Crippen LogP contribution in [-0.2, 0) is 9.53 Å². The predicted molar refractivity (Wildman–Crippen MR) is 71.6 cm³/mol. The van der Waals surface area contributed by atoms with E-state index >= 15 is 0 Å². The summed E-state index contributed by atoms with van der Waals surface area (Å²) in [5, 5.41) is 21.9. The average Bonchev–Trinajstić information content (AvgIpc) is 3.07. The second-order valence-electron chi connectivity index (χ2n) is 5.87. The van der Waals surface area contributed by atoms with Crippen LogP contribution in [0, 0.1) is 27.9 Å². The van der Waals surface area contributed by atoms with Crippen molar-refractivity contribution in [2.45, 2.75) is 25.4 Å². The van der Waals surface area contributed by atoms with Crippen LogP contribution in [0.3, 0.4) is 0 Å². The Morgan fingerprint density at radius 1 is 1.14 bits per heavy atom. The molecule has 2 aliphatic rings. The summed E-state index contributed by atoms with van der Waals surface area (Å²) in [7, 11) is 0. The Labute approximate surface area is 126 Å². The molecule has 3 rings (SSSR count). The van der Waals surface area contributed by atoms with Crippen LogP contribution in [0.4, 0.5) is 5.69 Å². The average molecular weight is 304 g/mol.